The molecule has 0 aliphatic heterocycles. The Hall–Kier alpha value is -1.62. The number of ether oxygens (including phenoxy) is 1. The quantitative estimate of drug-likeness (QED) is 0.582. The summed E-state index contributed by atoms with van der Waals surface area (Å²) in [7, 11) is 3.27. The molecule has 5 nitrogen and oxygen atoms in total. The smallest absolute Gasteiger partial charge is 0.274 e. The summed E-state index contributed by atoms with van der Waals surface area (Å²) in [5.41, 5.74) is 0.733. The van der Waals surface area contributed by atoms with Crippen LogP contribution in [0.1, 0.15) is 5.56 Å². The predicted octanol–water partition coefficient (Wildman–Crippen LogP) is 1.32. The number of nitrogens with one attached hydrogen (secondary N) is 1. The standard InChI is InChI=1S/C9H12N2O3/c1-10-6-7-5-8(14-2)3-4-9(7)11(12)13/h3-5,10H,6H2,1-2H3. The summed E-state index contributed by atoms with van der Waals surface area (Å²) in [6, 6.07) is 4.69. The number of nitrogens with zero attached hydrogens (tertiary/aromatic N) is 1. The van der Waals surface area contributed by atoms with Crippen LogP contribution in [0.2, 0.25) is 0 Å². The molecule has 0 saturated carbocycles. The van der Waals surface area contributed by atoms with Crippen LogP contribution in [-0.2, 0) is 6.54 Å². The molecule has 0 heterocycles. The minimum Gasteiger partial charge on any atom is -0.497 e. The Morgan fingerprint density at radius 1 is 1.57 bits per heavy atom. The Labute approximate surface area is 81.8 Å². The van der Waals surface area contributed by atoms with Crippen LogP contribution in [0.4, 0.5) is 5.69 Å². The van der Waals surface area contributed by atoms with Crippen molar-refractivity contribution in [3.8, 4) is 5.75 Å². The Balaban J connectivity index is 3.10. The van der Waals surface area contributed by atoms with Gasteiger partial charge >= 0.3 is 0 Å². The van der Waals surface area contributed by atoms with Crippen molar-refractivity contribution in [3.63, 3.8) is 0 Å². The largest absolute Gasteiger partial charge is 0.497 e. The molecule has 0 unspecified atom stereocenters. The molecule has 0 radical (unpaired) electrons. The number of hydrogen-bond acceptors (Lipinski definition) is 4. The molecular formula is C9H12N2O3. The number of hydrogen-bond donors (Lipinski definition) is 1. The second kappa shape index (κ2) is 4.57. The minimum atomic E-state index is -0.397. The normalized spacial score (nSPS) is 9.86. The number of rotatable bonds is 4. The van der Waals surface area contributed by atoms with E-state index in [1.54, 1.807) is 19.2 Å². The zero-order valence-electron chi connectivity index (χ0n) is 8.11. The van der Waals surface area contributed by atoms with Crippen molar-refractivity contribution in [2.75, 3.05) is 14.2 Å². The highest BCUT2D eigenvalue weighted by atomic mass is 16.6. The molecule has 0 spiro atoms. The van der Waals surface area contributed by atoms with E-state index in [2.05, 4.69) is 5.32 Å². The van der Waals surface area contributed by atoms with Crippen LogP contribution in [0.15, 0.2) is 18.2 Å². The molecule has 0 aliphatic carbocycles. The summed E-state index contributed by atoms with van der Waals surface area (Å²) in [5, 5.41) is 13.5. The molecule has 0 aromatic heterocycles. The highest BCUT2D eigenvalue weighted by molar-refractivity contribution is 5.45. The Bertz CT molecular complexity index is 339. The van der Waals surface area contributed by atoms with Crippen molar-refractivity contribution < 1.29 is 9.66 Å². The van der Waals surface area contributed by atoms with Crippen LogP contribution in [0.5, 0.6) is 5.75 Å². The van der Waals surface area contributed by atoms with Crippen LogP contribution in [-0.4, -0.2) is 19.1 Å². The Kier molecular flexibility index (Phi) is 3.41. The molecular weight excluding hydrogens is 184 g/mol. The van der Waals surface area contributed by atoms with Crippen LogP contribution >= 0.6 is 0 Å². The van der Waals surface area contributed by atoms with Gasteiger partial charge in [-0.25, -0.2) is 0 Å². The average molecular weight is 196 g/mol. The number of benzene rings is 1. The maximum atomic E-state index is 10.6. The monoisotopic (exact) mass is 196 g/mol. The molecule has 1 aromatic carbocycles. The summed E-state index contributed by atoms with van der Waals surface area (Å²) in [6.07, 6.45) is 0. The Morgan fingerprint density at radius 2 is 2.29 bits per heavy atom. The van der Waals surface area contributed by atoms with E-state index >= 15 is 0 Å². The lowest BCUT2D eigenvalue weighted by Crippen LogP contribution is -2.07. The lowest BCUT2D eigenvalue weighted by Gasteiger charge is -2.04. The molecule has 0 atom stereocenters. The lowest BCUT2D eigenvalue weighted by molar-refractivity contribution is -0.385. The molecule has 14 heavy (non-hydrogen) atoms. The summed E-state index contributed by atoms with van der Waals surface area (Å²) in [6.45, 7) is 0.452. The molecule has 1 N–H and O–H groups in total. The van der Waals surface area contributed by atoms with Gasteiger partial charge in [0.25, 0.3) is 5.69 Å². The van der Waals surface area contributed by atoms with E-state index in [1.165, 1.54) is 13.2 Å². The maximum Gasteiger partial charge on any atom is 0.274 e. The van der Waals surface area contributed by atoms with Crippen molar-refractivity contribution in [1.29, 1.82) is 0 Å². The molecule has 76 valence electrons. The zero-order chi connectivity index (χ0) is 10.6. The topological polar surface area (TPSA) is 64.4 Å². The lowest BCUT2D eigenvalue weighted by atomic mass is 10.1. The van der Waals surface area contributed by atoms with E-state index in [0.717, 1.165) is 0 Å². The third kappa shape index (κ3) is 2.20. The second-order valence-corrected chi connectivity index (χ2v) is 2.78. The van der Waals surface area contributed by atoms with Crippen molar-refractivity contribution in [1.82, 2.24) is 5.32 Å². The number of nitro groups is 1. The molecule has 0 aliphatic rings. The zero-order valence-corrected chi connectivity index (χ0v) is 8.11. The first-order valence-corrected chi connectivity index (χ1v) is 4.15. The maximum absolute atomic E-state index is 10.6. The van der Waals surface area contributed by atoms with Crippen LogP contribution in [0.3, 0.4) is 0 Å². The first-order valence-electron chi connectivity index (χ1n) is 4.15. The van der Waals surface area contributed by atoms with Gasteiger partial charge in [-0.2, -0.15) is 0 Å². The van der Waals surface area contributed by atoms with Crippen LogP contribution in [0, 0.1) is 10.1 Å². The van der Waals surface area contributed by atoms with Gasteiger partial charge in [-0.15, -0.1) is 0 Å². The van der Waals surface area contributed by atoms with Gasteiger partial charge in [0.05, 0.1) is 12.0 Å². The van der Waals surface area contributed by atoms with Crippen molar-refractivity contribution in [2.24, 2.45) is 0 Å². The van der Waals surface area contributed by atoms with Crippen molar-refractivity contribution in [2.45, 2.75) is 6.54 Å². The van der Waals surface area contributed by atoms with Gasteiger partial charge in [0.15, 0.2) is 0 Å². The van der Waals surface area contributed by atoms with E-state index < -0.39 is 4.92 Å². The van der Waals surface area contributed by atoms with E-state index in [0.29, 0.717) is 17.9 Å². The van der Waals surface area contributed by atoms with Gasteiger partial charge in [-0.1, -0.05) is 0 Å². The molecule has 0 saturated heterocycles. The van der Waals surface area contributed by atoms with Crippen molar-refractivity contribution in [3.05, 3.63) is 33.9 Å². The van der Waals surface area contributed by atoms with Gasteiger partial charge in [-0.3, -0.25) is 10.1 Å². The molecule has 0 amide bonds. The van der Waals surface area contributed by atoms with Gasteiger partial charge < -0.3 is 10.1 Å². The van der Waals surface area contributed by atoms with E-state index in [-0.39, 0.29) is 5.69 Å². The SMILES string of the molecule is CNCc1cc(OC)ccc1[N+](=O)[O-]. The molecule has 1 aromatic rings. The van der Waals surface area contributed by atoms with Gasteiger partial charge in [0.1, 0.15) is 5.75 Å². The van der Waals surface area contributed by atoms with Gasteiger partial charge in [-0.05, 0) is 19.2 Å². The van der Waals surface area contributed by atoms with Gasteiger partial charge in [0, 0.05) is 18.2 Å². The van der Waals surface area contributed by atoms with Crippen molar-refractivity contribution >= 4 is 5.69 Å². The molecule has 1 rings (SSSR count). The average Bonchev–Trinajstić information content (AvgIpc) is 2.17. The fourth-order valence-electron chi connectivity index (χ4n) is 1.20. The summed E-state index contributed by atoms with van der Waals surface area (Å²) < 4.78 is 4.99. The van der Waals surface area contributed by atoms with Crippen LogP contribution in [0.25, 0.3) is 0 Å². The van der Waals surface area contributed by atoms with E-state index in [1.807, 2.05) is 0 Å². The number of nitro benzene ring substituents is 1. The van der Waals surface area contributed by atoms with E-state index in [4.69, 9.17) is 4.74 Å². The van der Waals surface area contributed by atoms with Gasteiger partial charge in [0.2, 0.25) is 0 Å². The third-order valence-corrected chi connectivity index (χ3v) is 1.85. The fourth-order valence-corrected chi connectivity index (χ4v) is 1.20. The fraction of sp³-hybridized carbons (Fsp3) is 0.333. The second-order valence-electron chi connectivity index (χ2n) is 2.78. The first kappa shape index (κ1) is 10.5. The third-order valence-electron chi connectivity index (χ3n) is 1.85. The first-order chi connectivity index (χ1) is 6.69. The highest BCUT2D eigenvalue weighted by Gasteiger charge is 2.13. The molecule has 0 bridgehead atoms. The predicted molar refractivity (Wildman–Crippen MR) is 52.4 cm³/mol. The highest BCUT2D eigenvalue weighted by Crippen LogP contribution is 2.23. The molecule has 0 fully saturated rings. The molecule has 5 heteroatoms. The van der Waals surface area contributed by atoms with Crippen LogP contribution < -0.4 is 10.1 Å². The summed E-state index contributed by atoms with van der Waals surface area (Å²) in [5.74, 6) is 0.626. The Morgan fingerprint density at radius 3 is 2.79 bits per heavy atom. The van der Waals surface area contributed by atoms with E-state index in [9.17, 15) is 10.1 Å². The number of methoxy groups -OCH3 is 1. The summed E-state index contributed by atoms with van der Waals surface area (Å²) in [4.78, 5) is 10.2. The minimum absolute atomic E-state index is 0.111. The summed E-state index contributed by atoms with van der Waals surface area (Å²) >= 11 is 0.